The first-order valence-corrected chi connectivity index (χ1v) is 9.18. The van der Waals surface area contributed by atoms with E-state index >= 15 is 0 Å². The summed E-state index contributed by atoms with van der Waals surface area (Å²) in [6.07, 6.45) is 0. The molecule has 100 valence electrons. The first kappa shape index (κ1) is 14.1. The topological polar surface area (TPSA) is 0 Å². The van der Waals surface area contributed by atoms with E-state index in [-0.39, 0.29) is 4.08 Å². The lowest BCUT2D eigenvalue weighted by Crippen LogP contribution is -2.12. The molecule has 1 saturated heterocycles. The van der Waals surface area contributed by atoms with Crippen molar-refractivity contribution in [1.29, 1.82) is 0 Å². The van der Waals surface area contributed by atoms with E-state index in [1.54, 1.807) is 0 Å². The van der Waals surface area contributed by atoms with Crippen LogP contribution in [0.3, 0.4) is 0 Å². The van der Waals surface area contributed by atoms with Crippen LogP contribution in [0.25, 0.3) is 0 Å². The van der Waals surface area contributed by atoms with Crippen molar-refractivity contribution < 1.29 is 0 Å². The summed E-state index contributed by atoms with van der Waals surface area (Å²) in [6.45, 7) is 0. The molecule has 3 rings (SSSR count). The second-order valence-corrected chi connectivity index (χ2v) is 8.14. The van der Waals surface area contributed by atoms with Crippen LogP contribution in [-0.2, 0) is 4.08 Å². The van der Waals surface area contributed by atoms with Gasteiger partial charge >= 0.3 is 0 Å². The molecule has 0 saturated carbocycles. The van der Waals surface area contributed by atoms with E-state index in [1.807, 2.05) is 41.7 Å². The fraction of sp³-hybridized carbons (Fsp3) is 0.176. The van der Waals surface area contributed by atoms with Crippen LogP contribution in [0.2, 0.25) is 0 Å². The van der Waals surface area contributed by atoms with E-state index in [2.05, 4.69) is 64.2 Å². The SMILES string of the molecule is Brc1ccccc1C1(C#Cc2ccccc2)SCCS1. The molecule has 0 N–H and O–H groups in total. The van der Waals surface area contributed by atoms with Crippen LogP contribution in [-0.4, -0.2) is 11.5 Å². The fourth-order valence-corrected chi connectivity index (χ4v) is 5.94. The van der Waals surface area contributed by atoms with E-state index < -0.39 is 0 Å². The summed E-state index contributed by atoms with van der Waals surface area (Å²) in [6, 6.07) is 18.6. The molecule has 1 fully saturated rings. The van der Waals surface area contributed by atoms with Crippen molar-refractivity contribution in [2.75, 3.05) is 11.5 Å². The first-order valence-electron chi connectivity index (χ1n) is 6.41. The monoisotopic (exact) mass is 360 g/mol. The summed E-state index contributed by atoms with van der Waals surface area (Å²) in [4.78, 5) is 0. The van der Waals surface area contributed by atoms with Gasteiger partial charge in [-0.15, -0.1) is 23.5 Å². The maximum Gasteiger partial charge on any atom is 0.149 e. The Morgan fingerprint density at radius 2 is 1.55 bits per heavy atom. The van der Waals surface area contributed by atoms with Crippen molar-refractivity contribution in [1.82, 2.24) is 0 Å². The van der Waals surface area contributed by atoms with Gasteiger partial charge in [-0.1, -0.05) is 64.2 Å². The Hall–Kier alpha value is -0.820. The maximum atomic E-state index is 3.67. The number of hydrogen-bond donors (Lipinski definition) is 0. The van der Waals surface area contributed by atoms with E-state index in [4.69, 9.17) is 0 Å². The van der Waals surface area contributed by atoms with Gasteiger partial charge in [0, 0.05) is 27.1 Å². The quantitative estimate of drug-likeness (QED) is 0.646. The van der Waals surface area contributed by atoms with Crippen LogP contribution in [0.4, 0.5) is 0 Å². The number of thioether (sulfide) groups is 2. The molecule has 0 aromatic heterocycles. The molecular weight excluding hydrogens is 348 g/mol. The van der Waals surface area contributed by atoms with Gasteiger partial charge in [-0.2, -0.15) is 0 Å². The molecule has 1 aliphatic heterocycles. The molecule has 0 aliphatic carbocycles. The fourth-order valence-electron chi connectivity index (χ4n) is 2.11. The molecule has 0 radical (unpaired) electrons. The van der Waals surface area contributed by atoms with Crippen LogP contribution in [0.1, 0.15) is 11.1 Å². The molecule has 0 atom stereocenters. The highest BCUT2D eigenvalue weighted by atomic mass is 79.9. The molecule has 1 aliphatic rings. The van der Waals surface area contributed by atoms with Gasteiger partial charge in [0.25, 0.3) is 0 Å². The minimum absolute atomic E-state index is 0.143. The van der Waals surface area contributed by atoms with Crippen molar-refractivity contribution in [3.05, 3.63) is 70.2 Å². The molecule has 1 heterocycles. The maximum absolute atomic E-state index is 3.67. The summed E-state index contributed by atoms with van der Waals surface area (Å²) in [7, 11) is 0. The average molecular weight is 361 g/mol. The third-order valence-corrected chi connectivity index (χ3v) is 7.00. The van der Waals surface area contributed by atoms with Crippen LogP contribution in [0.5, 0.6) is 0 Å². The van der Waals surface area contributed by atoms with Crippen molar-refractivity contribution in [2.24, 2.45) is 0 Å². The number of hydrogen-bond acceptors (Lipinski definition) is 2. The minimum atomic E-state index is -0.143. The highest BCUT2D eigenvalue weighted by molar-refractivity contribution is 9.10. The van der Waals surface area contributed by atoms with Gasteiger partial charge in [0.2, 0.25) is 0 Å². The smallest absolute Gasteiger partial charge is 0.126 e. The predicted molar refractivity (Wildman–Crippen MR) is 94.1 cm³/mol. The molecule has 0 unspecified atom stereocenters. The Morgan fingerprint density at radius 1 is 0.900 bits per heavy atom. The Balaban J connectivity index is 2.02. The molecule has 0 amide bonds. The van der Waals surface area contributed by atoms with Gasteiger partial charge in [0.15, 0.2) is 0 Å². The van der Waals surface area contributed by atoms with E-state index in [0.29, 0.717) is 0 Å². The van der Waals surface area contributed by atoms with Crippen LogP contribution >= 0.6 is 39.5 Å². The van der Waals surface area contributed by atoms with E-state index in [9.17, 15) is 0 Å². The van der Waals surface area contributed by atoms with Crippen LogP contribution < -0.4 is 0 Å². The standard InChI is InChI=1S/C17H13BrS2/c18-16-9-5-4-8-15(16)17(19-12-13-20-17)11-10-14-6-2-1-3-7-14/h1-9H,12-13H2. The third-order valence-electron chi connectivity index (χ3n) is 3.07. The van der Waals surface area contributed by atoms with Crippen molar-refractivity contribution >= 4 is 39.5 Å². The van der Waals surface area contributed by atoms with E-state index in [1.165, 1.54) is 5.56 Å². The Bertz CT molecular complexity index is 649. The van der Waals surface area contributed by atoms with Crippen molar-refractivity contribution in [3.63, 3.8) is 0 Å². The molecule has 3 heteroatoms. The Kier molecular flexibility index (Phi) is 4.45. The second-order valence-electron chi connectivity index (χ2n) is 4.41. The summed E-state index contributed by atoms with van der Waals surface area (Å²) < 4.78 is 1.000. The first-order chi connectivity index (χ1) is 9.80. The van der Waals surface area contributed by atoms with Crippen LogP contribution in [0.15, 0.2) is 59.1 Å². The minimum Gasteiger partial charge on any atom is -0.126 e. The van der Waals surface area contributed by atoms with Gasteiger partial charge in [-0.25, -0.2) is 0 Å². The molecule has 0 nitrogen and oxygen atoms in total. The van der Waals surface area contributed by atoms with Gasteiger partial charge in [-0.3, -0.25) is 0 Å². The zero-order chi connectivity index (χ0) is 13.8. The molecule has 0 bridgehead atoms. The molecule has 2 aromatic rings. The number of benzene rings is 2. The zero-order valence-electron chi connectivity index (χ0n) is 10.8. The second kappa shape index (κ2) is 6.30. The Labute approximate surface area is 136 Å². The molecule has 20 heavy (non-hydrogen) atoms. The number of halogens is 1. The lowest BCUT2D eigenvalue weighted by atomic mass is 10.1. The van der Waals surface area contributed by atoms with Gasteiger partial charge < -0.3 is 0 Å². The van der Waals surface area contributed by atoms with E-state index in [0.717, 1.165) is 21.5 Å². The predicted octanol–water partition coefficient (Wildman–Crippen LogP) is 5.13. The average Bonchev–Trinajstić information content (AvgIpc) is 2.97. The summed E-state index contributed by atoms with van der Waals surface area (Å²) in [5, 5.41) is 0. The van der Waals surface area contributed by atoms with Gasteiger partial charge in [-0.05, 0) is 18.2 Å². The highest BCUT2D eigenvalue weighted by Crippen LogP contribution is 2.53. The Morgan fingerprint density at radius 3 is 2.25 bits per heavy atom. The molecule has 0 spiro atoms. The molecular formula is C17H13BrS2. The zero-order valence-corrected chi connectivity index (χ0v) is 14.0. The normalized spacial score (nSPS) is 16.4. The third kappa shape index (κ3) is 2.93. The van der Waals surface area contributed by atoms with Crippen molar-refractivity contribution in [3.8, 4) is 11.8 Å². The largest absolute Gasteiger partial charge is 0.149 e. The van der Waals surface area contributed by atoms with Gasteiger partial charge in [0.1, 0.15) is 4.08 Å². The lowest BCUT2D eigenvalue weighted by molar-refractivity contribution is 1.18. The van der Waals surface area contributed by atoms with Crippen LogP contribution in [0, 0.1) is 11.8 Å². The highest BCUT2D eigenvalue weighted by Gasteiger charge is 2.37. The van der Waals surface area contributed by atoms with Crippen molar-refractivity contribution in [2.45, 2.75) is 4.08 Å². The summed E-state index contributed by atoms with van der Waals surface area (Å²) in [5.74, 6) is 9.15. The number of rotatable bonds is 1. The van der Waals surface area contributed by atoms with Gasteiger partial charge in [0.05, 0.1) is 0 Å². The summed E-state index contributed by atoms with van der Waals surface area (Å²) >= 11 is 7.54. The lowest BCUT2D eigenvalue weighted by Gasteiger charge is -2.22. The summed E-state index contributed by atoms with van der Waals surface area (Å²) in [5.41, 5.74) is 2.35. The molecule has 2 aromatic carbocycles.